The van der Waals surface area contributed by atoms with E-state index in [1.165, 1.54) is 11.1 Å². The van der Waals surface area contributed by atoms with Gasteiger partial charge in [-0.1, -0.05) is 68.4 Å². The maximum Gasteiger partial charge on any atom is 0.152 e. The summed E-state index contributed by atoms with van der Waals surface area (Å²) in [6, 6.07) is 18.1. The van der Waals surface area contributed by atoms with Crippen LogP contribution in [0, 0.1) is 5.92 Å². The average molecular weight is 267 g/mol. The van der Waals surface area contributed by atoms with Gasteiger partial charge in [-0.15, -0.1) is 0 Å². The van der Waals surface area contributed by atoms with Crippen molar-refractivity contribution >= 4 is 5.78 Å². The second kappa shape index (κ2) is 6.49. The van der Waals surface area contributed by atoms with Gasteiger partial charge >= 0.3 is 0 Å². The molecule has 0 aliphatic heterocycles. The molecule has 0 saturated carbocycles. The normalized spacial score (nSPS) is 12.4. The van der Waals surface area contributed by atoms with Gasteiger partial charge < -0.3 is 5.73 Å². The predicted molar refractivity (Wildman–Crippen MR) is 83.4 cm³/mol. The lowest BCUT2D eigenvalue weighted by Gasteiger charge is -2.13. The van der Waals surface area contributed by atoms with Gasteiger partial charge in [-0.05, 0) is 23.1 Å². The standard InChI is InChI=1S/C18H21NO/c1-13(2)18(20)17(19)12-14-8-10-16(11-9-14)15-6-4-3-5-7-15/h3-11,13,17H,12,19H2,1-2H3. The summed E-state index contributed by atoms with van der Waals surface area (Å²) in [5.41, 5.74) is 9.43. The molecule has 2 N–H and O–H groups in total. The fraction of sp³-hybridized carbons (Fsp3) is 0.278. The Morgan fingerprint density at radius 1 is 0.950 bits per heavy atom. The van der Waals surface area contributed by atoms with Crippen LogP contribution in [-0.4, -0.2) is 11.8 Å². The van der Waals surface area contributed by atoms with Gasteiger partial charge in [0.1, 0.15) is 0 Å². The van der Waals surface area contributed by atoms with Crippen LogP contribution in [0.25, 0.3) is 11.1 Å². The summed E-state index contributed by atoms with van der Waals surface area (Å²) in [4.78, 5) is 11.8. The molecule has 0 saturated heterocycles. The highest BCUT2D eigenvalue weighted by molar-refractivity contribution is 5.85. The third-order valence-corrected chi connectivity index (χ3v) is 3.45. The van der Waals surface area contributed by atoms with Crippen molar-refractivity contribution in [3.63, 3.8) is 0 Å². The molecular formula is C18H21NO. The van der Waals surface area contributed by atoms with Crippen LogP contribution in [0.1, 0.15) is 19.4 Å². The molecule has 2 aromatic carbocycles. The summed E-state index contributed by atoms with van der Waals surface area (Å²) in [6.45, 7) is 3.78. The zero-order valence-corrected chi connectivity index (χ0v) is 12.0. The predicted octanol–water partition coefficient (Wildman–Crippen LogP) is 3.45. The SMILES string of the molecule is CC(C)C(=O)C(N)Cc1ccc(-c2ccccc2)cc1. The fourth-order valence-corrected chi connectivity index (χ4v) is 2.25. The number of benzene rings is 2. The van der Waals surface area contributed by atoms with Crippen LogP contribution in [-0.2, 0) is 11.2 Å². The van der Waals surface area contributed by atoms with Gasteiger partial charge in [0.15, 0.2) is 5.78 Å². The summed E-state index contributed by atoms with van der Waals surface area (Å²) in [7, 11) is 0. The van der Waals surface area contributed by atoms with Gasteiger partial charge in [0.2, 0.25) is 0 Å². The first-order valence-electron chi connectivity index (χ1n) is 7.01. The van der Waals surface area contributed by atoms with Crippen molar-refractivity contribution in [2.24, 2.45) is 11.7 Å². The second-order valence-corrected chi connectivity index (χ2v) is 5.43. The molecule has 2 nitrogen and oxygen atoms in total. The molecule has 0 radical (unpaired) electrons. The molecule has 2 heteroatoms. The summed E-state index contributed by atoms with van der Waals surface area (Å²) in [5, 5.41) is 0. The molecule has 2 aromatic rings. The Balaban J connectivity index is 2.07. The Labute approximate surface area is 120 Å². The molecule has 2 rings (SSSR count). The van der Waals surface area contributed by atoms with Gasteiger partial charge in [-0.3, -0.25) is 4.79 Å². The zero-order valence-electron chi connectivity index (χ0n) is 12.0. The Morgan fingerprint density at radius 3 is 2.05 bits per heavy atom. The zero-order chi connectivity index (χ0) is 14.5. The van der Waals surface area contributed by atoms with E-state index in [4.69, 9.17) is 5.73 Å². The Hall–Kier alpha value is -1.93. The summed E-state index contributed by atoms with van der Waals surface area (Å²) >= 11 is 0. The number of nitrogens with two attached hydrogens (primary N) is 1. The highest BCUT2D eigenvalue weighted by atomic mass is 16.1. The van der Waals surface area contributed by atoms with Crippen LogP contribution in [0.5, 0.6) is 0 Å². The fourth-order valence-electron chi connectivity index (χ4n) is 2.25. The van der Waals surface area contributed by atoms with Crippen molar-refractivity contribution in [1.82, 2.24) is 0 Å². The van der Waals surface area contributed by atoms with Crippen molar-refractivity contribution < 1.29 is 4.79 Å². The van der Waals surface area contributed by atoms with Crippen molar-refractivity contribution in [2.75, 3.05) is 0 Å². The minimum Gasteiger partial charge on any atom is -0.321 e. The molecule has 0 fully saturated rings. The Morgan fingerprint density at radius 2 is 1.50 bits per heavy atom. The van der Waals surface area contributed by atoms with Crippen molar-refractivity contribution in [3.8, 4) is 11.1 Å². The van der Waals surface area contributed by atoms with Gasteiger partial charge in [-0.25, -0.2) is 0 Å². The Kier molecular flexibility index (Phi) is 4.70. The monoisotopic (exact) mass is 267 g/mol. The lowest BCUT2D eigenvalue weighted by Crippen LogP contribution is -2.35. The first-order valence-corrected chi connectivity index (χ1v) is 7.01. The van der Waals surface area contributed by atoms with Crippen LogP contribution in [0.15, 0.2) is 54.6 Å². The van der Waals surface area contributed by atoms with E-state index in [2.05, 4.69) is 36.4 Å². The molecule has 0 bridgehead atoms. The minimum absolute atomic E-state index is 0.00593. The number of rotatable bonds is 5. The molecule has 1 unspecified atom stereocenters. The third-order valence-electron chi connectivity index (χ3n) is 3.45. The molecule has 0 amide bonds. The molecule has 104 valence electrons. The smallest absolute Gasteiger partial charge is 0.152 e. The molecule has 0 spiro atoms. The van der Waals surface area contributed by atoms with E-state index in [9.17, 15) is 4.79 Å². The van der Waals surface area contributed by atoms with Gasteiger partial charge in [0, 0.05) is 5.92 Å². The van der Waals surface area contributed by atoms with Gasteiger partial charge in [-0.2, -0.15) is 0 Å². The molecule has 1 atom stereocenters. The summed E-state index contributed by atoms with van der Waals surface area (Å²) in [6.07, 6.45) is 0.603. The second-order valence-electron chi connectivity index (χ2n) is 5.43. The summed E-state index contributed by atoms with van der Waals surface area (Å²) < 4.78 is 0. The van der Waals surface area contributed by atoms with E-state index in [-0.39, 0.29) is 11.7 Å². The quantitative estimate of drug-likeness (QED) is 0.901. The number of ketones is 1. The van der Waals surface area contributed by atoms with E-state index < -0.39 is 6.04 Å². The van der Waals surface area contributed by atoms with E-state index in [0.29, 0.717) is 6.42 Å². The van der Waals surface area contributed by atoms with Crippen LogP contribution in [0.4, 0.5) is 0 Å². The van der Waals surface area contributed by atoms with E-state index in [1.807, 2.05) is 32.0 Å². The highest BCUT2D eigenvalue weighted by Gasteiger charge is 2.17. The maximum atomic E-state index is 11.8. The first kappa shape index (κ1) is 14.5. The Bertz CT molecular complexity index is 558. The minimum atomic E-state index is -0.405. The number of carbonyl (C=O) groups excluding carboxylic acids is 1. The molecular weight excluding hydrogens is 246 g/mol. The van der Waals surface area contributed by atoms with Crippen LogP contribution >= 0.6 is 0 Å². The first-order chi connectivity index (χ1) is 9.58. The molecule has 0 aliphatic rings. The highest BCUT2D eigenvalue weighted by Crippen LogP contribution is 2.19. The number of hydrogen-bond acceptors (Lipinski definition) is 2. The lowest BCUT2D eigenvalue weighted by molar-refractivity contribution is -0.123. The maximum absolute atomic E-state index is 11.8. The van der Waals surface area contributed by atoms with Crippen molar-refractivity contribution in [2.45, 2.75) is 26.3 Å². The number of Topliss-reactive ketones (excluding diaryl/α,β-unsaturated/α-hetero) is 1. The molecule has 0 aliphatic carbocycles. The molecule has 0 aromatic heterocycles. The number of carbonyl (C=O) groups is 1. The number of hydrogen-bond donors (Lipinski definition) is 1. The topological polar surface area (TPSA) is 43.1 Å². The van der Waals surface area contributed by atoms with Crippen molar-refractivity contribution in [1.29, 1.82) is 0 Å². The lowest BCUT2D eigenvalue weighted by atomic mass is 9.95. The van der Waals surface area contributed by atoms with Crippen LogP contribution < -0.4 is 5.73 Å². The van der Waals surface area contributed by atoms with Crippen molar-refractivity contribution in [3.05, 3.63) is 60.2 Å². The van der Waals surface area contributed by atoms with E-state index in [0.717, 1.165) is 5.56 Å². The summed E-state index contributed by atoms with van der Waals surface area (Å²) in [5.74, 6) is 0.116. The van der Waals surface area contributed by atoms with Crippen LogP contribution in [0.2, 0.25) is 0 Å². The largest absolute Gasteiger partial charge is 0.321 e. The van der Waals surface area contributed by atoms with E-state index in [1.54, 1.807) is 0 Å². The van der Waals surface area contributed by atoms with Crippen LogP contribution in [0.3, 0.4) is 0 Å². The third kappa shape index (κ3) is 3.55. The average Bonchev–Trinajstić information content (AvgIpc) is 2.48. The van der Waals surface area contributed by atoms with Gasteiger partial charge in [0.25, 0.3) is 0 Å². The van der Waals surface area contributed by atoms with E-state index >= 15 is 0 Å². The van der Waals surface area contributed by atoms with Gasteiger partial charge in [0.05, 0.1) is 6.04 Å². The molecule has 0 heterocycles. The molecule has 20 heavy (non-hydrogen) atoms.